The first-order valence-corrected chi connectivity index (χ1v) is 40.7. The number of aliphatic hydroxyl groups excluding tert-OH is 4. The molecule has 5 N–H and O–H groups in total. The Morgan fingerprint density at radius 1 is 0.408 bits per heavy atom. The van der Waals surface area contributed by atoms with Gasteiger partial charge in [-0.15, -0.1) is 0 Å². The van der Waals surface area contributed by atoms with E-state index in [9.17, 15) is 13.2 Å². The normalized spacial score (nSPS) is 24.1. The molecule has 0 aromatic heterocycles. The summed E-state index contributed by atoms with van der Waals surface area (Å²) in [6.07, 6.45) is 6.23. The Kier molecular flexibility index (Phi) is 51.6. The molecule has 2 atom stereocenters. The van der Waals surface area contributed by atoms with Crippen LogP contribution < -0.4 is 0 Å². The van der Waals surface area contributed by atoms with E-state index in [1.807, 2.05) is 18.7 Å². The number of β-amino-alcohol motifs (C(OH)–C–C–N with tert-alkyl or cyclic N) is 2. The Labute approximate surface area is 602 Å². The summed E-state index contributed by atoms with van der Waals surface area (Å²) in [5.74, 6) is 1.04. The fourth-order valence-corrected chi connectivity index (χ4v) is 14.1. The third-order valence-electron chi connectivity index (χ3n) is 20.4. The molecule has 0 radical (unpaired) electrons. The minimum Gasteiger partial charge on any atom is -0.395 e. The molecule has 2 unspecified atom stereocenters. The zero-order chi connectivity index (χ0) is 74.1. The molecule has 586 valence electrons. The summed E-state index contributed by atoms with van der Waals surface area (Å²) in [6.45, 7) is 73.5. The van der Waals surface area contributed by atoms with Gasteiger partial charge in [0.05, 0.1) is 63.9 Å². The van der Waals surface area contributed by atoms with Crippen LogP contribution in [0.2, 0.25) is 0 Å². The molecule has 0 saturated carbocycles. The molecular formula is C74H159N13O10S. The van der Waals surface area contributed by atoms with E-state index < -0.39 is 9.84 Å². The summed E-state index contributed by atoms with van der Waals surface area (Å²) < 4.78 is 32.3. The van der Waals surface area contributed by atoms with Gasteiger partial charge in [-0.25, -0.2) is 8.42 Å². The summed E-state index contributed by atoms with van der Waals surface area (Å²) in [6, 6.07) is 6.30. The van der Waals surface area contributed by atoms with Crippen LogP contribution in [0.1, 0.15) is 171 Å². The van der Waals surface area contributed by atoms with Gasteiger partial charge in [0.25, 0.3) is 0 Å². The lowest BCUT2D eigenvalue weighted by atomic mass is 10.1. The second-order valence-electron chi connectivity index (χ2n) is 31.1. The summed E-state index contributed by atoms with van der Waals surface area (Å²) >= 11 is 0. The molecule has 23 nitrogen and oxygen atoms in total. The van der Waals surface area contributed by atoms with Crippen molar-refractivity contribution in [3.8, 4) is 0 Å². The van der Waals surface area contributed by atoms with Gasteiger partial charge >= 0.3 is 0 Å². The summed E-state index contributed by atoms with van der Waals surface area (Å²) in [5, 5.41) is 46.1. The van der Waals surface area contributed by atoms with Crippen LogP contribution in [0.5, 0.6) is 0 Å². The topological polar surface area (TPSA) is 213 Å². The number of amides is 1. The van der Waals surface area contributed by atoms with Gasteiger partial charge in [0, 0.05) is 210 Å². The third-order valence-corrected chi connectivity index (χ3v) is 22.0. The van der Waals surface area contributed by atoms with E-state index in [2.05, 4.69) is 186 Å². The van der Waals surface area contributed by atoms with Crippen LogP contribution in [0.25, 0.3) is 0 Å². The molecule has 24 heteroatoms. The van der Waals surface area contributed by atoms with E-state index in [0.717, 1.165) is 142 Å². The first-order valence-electron chi connectivity index (χ1n) is 38.9. The van der Waals surface area contributed by atoms with Crippen molar-refractivity contribution in [3.63, 3.8) is 0 Å². The van der Waals surface area contributed by atoms with E-state index in [0.29, 0.717) is 80.7 Å². The fourth-order valence-electron chi connectivity index (χ4n) is 12.9. The number of piperazine rings is 3. The Balaban J connectivity index is 0.000000546. The van der Waals surface area contributed by atoms with Crippen molar-refractivity contribution in [1.29, 1.82) is 0 Å². The zero-order valence-electron chi connectivity index (χ0n) is 67.1. The van der Waals surface area contributed by atoms with Crippen molar-refractivity contribution in [1.82, 2.24) is 63.9 Å². The standard InChI is InChI=1S/C9H20N2O.C9H19NO2.C8H18N2.C8H15NO2.C7H16N2O.C7H15NO2S.C7H15NO.C7H15N.C6H13NO.C6H13N/c1-9(2)11-5-3-10(4-6-11)7-8-12;1-7(2)10-8(5-11)3-4-9(10)6-12;1-8(2)10-6-4-9(3)5-7-10;1-7(2)8(10)9-3-5-11-6-4-9;1-7(2)8-3-5-9(10)6-4-8;1-7(2)8-3-5-11(9,10)6-4-8;1-7(2)8-3-5-9-6-4-8;1-7(2)8-5-3-4-6-8;1-5(2)7-3-6(8)4-7;1-6(2)7-4-3-5-7/h9,12H,3-8H2,1-2H3;7-9,11-12H,3-6H2,1-2H3;8H,4-7H2,1-3H3;7H,3-6H2,1-2H3;7,10H,3-6H2,1-2H3;7H,3-6H2,1-2H3;7H,3-6H2,1-2H3;7H,3-6H2,1-2H3;5-6,8H,3-4H2,1-2H3;6H,3-5H2,1-2H3. The van der Waals surface area contributed by atoms with Crippen LogP contribution in [-0.4, -0.2) is 405 Å². The number of hydrogen-bond acceptors (Lipinski definition) is 22. The molecule has 0 aromatic rings. The van der Waals surface area contributed by atoms with E-state index in [-0.39, 0.29) is 43.2 Å². The highest BCUT2D eigenvalue weighted by Crippen LogP contribution is 2.26. The quantitative estimate of drug-likeness (QED) is 0.150. The van der Waals surface area contributed by atoms with Crippen molar-refractivity contribution >= 4 is 15.7 Å². The summed E-state index contributed by atoms with van der Waals surface area (Å²) in [7, 11) is -0.499. The summed E-state index contributed by atoms with van der Waals surface area (Å²) in [4.78, 5) is 39.4. The minimum atomic E-state index is -2.69. The van der Waals surface area contributed by atoms with Gasteiger partial charge in [0.1, 0.15) is 0 Å². The van der Waals surface area contributed by atoms with Gasteiger partial charge in [-0.3, -0.25) is 44.0 Å². The van der Waals surface area contributed by atoms with Crippen molar-refractivity contribution in [2.24, 2.45) is 5.92 Å². The minimum absolute atomic E-state index is 0.0441. The molecule has 10 saturated heterocycles. The predicted molar refractivity (Wildman–Crippen MR) is 408 cm³/mol. The predicted octanol–water partition coefficient (Wildman–Crippen LogP) is 5.28. The largest absolute Gasteiger partial charge is 0.395 e. The monoisotopic (exact) mass is 1420 g/mol. The summed E-state index contributed by atoms with van der Waals surface area (Å²) in [5.41, 5.74) is 0. The maximum absolute atomic E-state index is 11.4. The first kappa shape index (κ1) is 94.7. The molecule has 10 rings (SSSR count). The van der Waals surface area contributed by atoms with Gasteiger partial charge < -0.3 is 54.7 Å². The van der Waals surface area contributed by atoms with Crippen LogP contribution in [0.4, 0.5) is 0 Å². The van der Waals surface area contributed by atoms with E-state index in [4.69, 9.17) is 35.1 Å². The van der Waals surface area contributed by atoms with Crippen LogP contribution in [0, 0.1) is 5.92 Å². The molecule has 10 fully saturated rings. The Bertz CT molecular complexity index is 1950. The SMILES string of the molecule is CC(C)C(=O)N1CCOCC1.CC(C)N1C(CO)CCC1CO.CC(C)N1CC(O)C1.CC(C)N1CCC1.CC(C)N1CCCC1.CC(C)N1CCN(C)CC1.CC(C)N1CCN(CCO)CC1.CC(C)N1CCN(O)CC1.CC(C)N1CCOCC1.CC(C)N1CCS(=O)(=O)CC1. The second kappa shape index (κ2) is 53.4. The van der Waals surface area contributed by atoms with E-state index in [1.165, 1.54) is 76.7 Å². The van der Waals surface area contributed by atoms with Crippen LogP contribution in [-0.2, 0) is 24.1 Å². The van der Waals surface area contributed by atoms with Gasteiger partial charge in [0.2, 0.25) is 5.91 Å². The third kappa shape index (κ3) is 41.4. The van der Waals surface area contributed by atoms with Crippen LogP contribution in [0.3, 0.4) is 0 Å². The number of hydrogen-bond donors (Lipinski definition) is 5. The molecule has 10 heterocycles. The number of hydroxylamine groups is 2. The van der Waals surface area contributed by atoms with Crippen LogP contribution in [0.15, 0.2) is 0 Å². The number of ether oxygens (including phenoxy) is 2. The average Bonchev–Trinajstić information content (AvgIpc) is 1.63. The fraction of sp³-hybridized carbons (Fsp3) is 0.986. The molecule has 0 bridgehead atoms. The molecular weight excluding hydrogens is 1260 g/mol. The number of rotatable bonds is 14. The maximum Gasteiger partial charge on any atom is 0.225 e. The number of likely N-dealkylation sites (tertiary alicyclic amines) is 4. The smallest absolute Gasteiger partial charge is 0.225 e. The lowest BCUT2D eigenvalue weighted by Crippen LogP contribution is -2.53. The Morgan fingerprint density at radius 2 is 0.735 bits per heavy atom. The molecule has 10 aliphatic heterocycles. The molecule has 0 aromatic carbocycles. The van der Waals surface area contributed by atoms with Crippen LogP contribution >= 0.6 is 0 Å². The number of morpholine rings is 2. The lowest BCUT2D eigenvalue weighted by molar-refractivity contribution is -0.138. The second-order valence-corrected chi connectivity index (χ2v) is 33.4. The molecule has 1 amide bonds. The van der Waals surface area contributed by atoms with Crippen molar-refractivity contribution in [2.45, 2.75) is 243 Å². The highest BCUT2D eigenvalue weighted by Gasteiger charge is 2.34. The van der Waals surface area contributed by atoms with Crippen molar-refractivity contribution < 1.29 is 48.3 Å². The number of carbonyl (C=O) groups is 1. The number of aliphatic hydroxyl groups is 4. The van der Waals surface area contributed by atoms with Crippen molar-refractivity contribution in [3.05, 3.63) is 0 Å². The number of likely N-dealkylation sites (N-methyl/N-ethyl adjacent to an activating group) is 1. The maximum atomic E-state index is 11.4. The van der Waals surface area contributed by atoms with Gasteiger partial charge in [0.15, 0.2) is 9.84 Å². The molecule has 0 spiro atoms. The highest BCUT2D eigenvalue weighted by molar-refractivity contribution is 7.91. The van der Waals surface area contributed by atoms with Gasteiger partial charge in [-0.05, 0) is 190 Å². The van der Waals surface area contributed by atoms with Crippen molar-refractivity contribution in [2.75, 3.05) is 228 Å². The molecule has 10 aliphatic rings. The van der Waals surface area contributed by atoms with E-state index in [1.54, 1.807) is 0 Å². The number of sulfone groups is 1. The lowest BCUT2D eigenvalue weighted by Gasteiger charge is -2.38. The van der Waals surface area contributed by atoms with Gasteiger partial charge in [-0.1, -0.05) is 13.8 Å². The van der Waals surface area contributed by atoms with E-state index >= 15 is 0 Å². The molecule has 0 aliphatic carbocycles. The van der Waals surface area contributed by atoms with Gasteiger partial charge in [-0.2, -0.15) is 5.06 Å². The Morgan fingerprint density at radius 3 is 1.02 bits per heavy atom. The highest BCUT2D eigenvalue weighted by atomic mass is 32.2. The molecule has 98 heavy (non-hydrogen) atoms. The number of carbonyl (C=O) groups excluding carboxylic acids is 1. The number of nitrogens with zero attached hydrogens (tertiary/aromatic N) is 13. The average molecular weight is 1420 g/mol. The first-order chi connectivity index (χ1) is 46.2. The zero-order valence-corrected chi connectivity index (χ0v) is 67.9. The Hall–Kier alpha value is -1.34.